The molecule has 0 heterocycles. The van der Waals surface area contributed by atoms with Crippen molar-refractivity contribution >= 4 is 5.96 Å². The van der Waals surface area contributed by atoms with Crippen LogP contribution in [0.4, 0.5) is 4.39 Å². The summed E-state index contributed by atoms with van der Waals surface area (Å²) in [6, 6.07) is 7.98. The minimum atomic E-state index is -0.192. The average molecular weight is 292 g/mol. The van der Waals surface area contributed by atoms with Crippen LogP contribution in [0.25, 0.3) is 0 Å². The number of benzene rings is 1. The van der Waals surface area contributed by atoms with Crippen LogP contribution in [0.5, 0.6) is 0 Å². The fourth-order valence-corrected chi connectivity index (χ4v) is 2.27. The van der Waals surface area contributed by atoms with Gasteiger partial charge in [-0.25, -0.2) is 4.39 Å². The number of guanidine groups is 1. The maximum Gasteiger partial charge on any atom is 0.191 e. The van der Waals surface area contributed by atoms with Gasteiger partial charge in [-0.1, -0.05) is 18.2 Å². The molecule has 116 valence electrons. The quantitative estimate of drug-likeness (QED) is 0.622. The third-order valence-corrected chi connectivity index (χ3v) is 4.01. The lowest BCUT2D eigenvalue weighted by atomic mass is 10.2. The number of hydrogen-bond donors (Lipinski definition) is 2. The highest BCUT2D eigenvalue weighted by molar-refractivity contribution is 5.79. The van der Waals surface area contributed by atoms with Crippen LogP contribution in [-0.2, 0) is 6.54 Å². The minimum absolute atomic E-state index is 0.192. The summed E-state index contributed by atoms with van der Waals surface area (Å²) in [5, 5.41) is 6.44. The van der Waals surface area contributed by atoms with Gasteiger partial charge in [0.05, 0.1) is 0 Å². The van der Waals surface area contributed by atoms with Crippen LogP contribution in [0.3, 0.4) is 0 Å². The van der Waals surface area contributed by atoms with Crippen molar-refractivity contribution < 1.29 is 4.39 Å². The van der Waals surface area contributed by atoms with Crippen molar-refractivity contribution in [3.8, 4) is 0 Å². The molecule has 2 N–H and O–H groups in total. The second kappa shape index (κ2) is 7.41. The highest BCUT2D eigenvalue weighted by atomic mass is 19.1. The monoisotopic (exact) mass is 292 g/mol. The molecule has 1 atom stereocenters. The molecular formula is C16H25FN4. The standard InChI is InChI=1S/C16H25FN4/c1-12(21(3)14-8-9-14)10-19-16(18-2)20-11-13-6-4-5-7-15(13)17/h4-7,12,14H,8-11H2,1-3H3,(H2,18,19,20). The molecule has 1 aliphatic carbocycles. The Morgan fingerprint density at radius 2 is 2.10 bits per heavy atom. The molecule has 1 aliphatic rings. The third kappa shape index (κ3) is 4.70. The molecule has 1 unspecified atom stereocenters. The van der Waals surface area contributed by atoms with Crippen molar-refractivity contribution in [1.29, 1.82) is 0 Å². The predicted molar refractivity (Wildman–Crippen MR) is 84.8 cm³/mol. The van der Waals surface area contributed by atoms with Gasteiger partial charge in [-0.15, -0.1) is 0 Å². The number of nitrogens with one attached hydrogen (secondary N) is 2. The van der Waals surface area contributed by atoms with Crippen LogP contribution >= 0.6 is 0 Å². The van der Waals surface area contributed by atoms with E-state index in [1.165, 1.54) is 18.9 Å². The Bertz CT molecular complexity index is 485. The van der Waals surface area contributed by atoms with Crippen LogP contribution in [0.15, 0.2) is 29.3 Å². The number of halogens is 1. The van der Waals surface area contributed by atoms with Gasteiger partial charge in [0.25, 0.3) is 0 Å². The molecule has 0 radical (unpaired) electrons. The van der Waals surface area contributed by atoms with E-state index in [2.05, 4.69) is 34.5 Å². The number of rotatable bonds is 6. The van der Waals surface area contributed by atoms with Crippen LogP contribution in [0.1, 0.15) is 25.3 Å². The smallest absolute Gasteiger partial charge is 0.191 e. The van der Waals surface area contributed by atoms with Gasteiger partial charge in [-0.05, 0) is 32.9 Å². The first-order chi connectivity index (χ1) is 10.1. The topological polar surface area (TPSA) is 39.7 Å². The number of hydrogen-bond acceptors (Lipinski definition) is 2. The SMILES string of the molecule is CN=C(NCc1ccccc1F)NCC(C)N(C)C1CC1. The molecule has 0 aromatic heterocycles. The van der Waals surface area contributed by atoms with Crippen LogP contribution in [0.2, 0.25) is 0 Å². The molecule has 0 saturated heterocycles. The molecule has 0 aliphatic heterocycles. The van der Waals surface area contributed by atoms with Gasteiger partial charge in [-0.3, -0.25) is 9.89 Å². The van der Waals surface area contributed by atoms with E-state index in [1.54, 1.807) is 19.2 Å². The summed E-state index contributed by atoms with van der Waals surface area (Å²) in [6.07, 6.45) is 2.61. The second-order valence-corrected chi connectivity index (χ2v) is 5.64. The molecule has 21 heavy (non-hydrogen) atoms. The van der Waals surface area contributed by atoms with E-state index in [4.69, 9.17) is 0 Å². The first-order valence-corrected chi connectivity index (χ1v) is 7.51. The maximum atomic E-state index is 13.6. The molecule has 1 aromatic rings. The van der Waals surface area contributed by atoms with E-state index in [-0.39, 0.29) is 5.82 Å². The summed E-state index contributed by atoms with van der Waals surface area (Å²) in [6.45, 7) is 3.46. The second-order valence-electron chi connectivity index (χ2n) is 5.64. The Morgan fingerprint density at radius 1 is 1.38 bits per heavy atom. The van der Waals surface area contributed by atoms with Crippen molar-refractivity contribution in [2.24, 2.45) is 4.99 Å². The van der Waals surface area contributed by atoms with E-state index in [9.17, 15) is 4.39 Å². The van der Waals surface area contributed by atoms with Crippen molar-refractivity contribution in [2.45, 2.75) is 38.4 Å². The van der Waals surface area contributed by atoms with E-state index in [0.717, 1.165) is 12.6 Å². The van der Waals surface area contributed by atoms with Crippen LogP contribution < -0.4 is 10.6 Å². The number of likely N-dealkylation sites (N-methyl/N-ethyl adjacent to an activating group) is 1. The van der Waals surface area contributed by atoms with Crippen LogP contribution in [-0.4, -0.2) is 43.6 Å². The molecule has 2 rings (SSSR count). The number of nitrogens with zero attached hydrogens (tertiary/aromatic N) is 2. The molecule has 4 nitrogen and oxygen atoms in total. The Hall–Kier alpha value is -1.62. The van der Waals surface area contributed by atoms with Crippen molar-refractivity contribution in [1.82, 2.24) is 15.5 Å². The molecule has 0 bridgehead atoms. The van der Waals surface area contributed by atoms with Gasteiger partial charge in [0, 0.05) is 37.8 Å². The summed E-state index contributed by atoms with van der Waals surface area (Å²) < 4.78 is 13.6. The van der Waals surface area contributed by atoms with E-state index in [0.29, 0.717) is 24.1 Å². The Labute approximate surface area is 126 Å². The fourth-order valence-electron chi connectivity index (χ4n) is 2.27. The lowest BCUT2D eigenvalue weighted by Crippen LogP contribution is -2.45. The average Bonchev–Trinajstić information content (AvgIpc) is 3.32. The summed E-state index contributed by atoms with van der Waals surface area (Å²) in [5.74, 6) is 0.511. The van der Waals surface area contributed by atoms with E-state index >= 15 is 0 Å². The highest BCUT2D eigenvalue weighted by Gasteiger charge is 2.28. The minimum Gasteiger partial charge on any atom is -0.355 e. The normalized spacial score (nSPS) is 16.9. The maximum absolute atomic E-state index is 13.6. The van der Waals surface area contributed by atoms with E-state index in [1.807, 2.05) is 6.07 Å². The van der Waals surface area contributed by atoms with Crippen molar-refractivity contribution in [3.63, 3.8) is 0 Å². The molecule has 5 heteroatoms. The van der Waals surface area contributed by atoms with Gasteiger partial charge < -0.3 is 10.6 Å². The zero-order chi connectivity index (χ0) is 15.2. The highest BCUT2D eigenvalue weighted by Crippen LogP contribution is 2.26. The third-order valence-electron chi connectivity index (χ3n) is 4.01. The lowest BCUT2D eigenvalue weighted by Gasteiger charge is -2.25. The van der Waals surface area contributed by atoms with Gasteiger partial charge in [0.2, 0.25) is 0 Å². The van der Waals surface area contributed by atoms with Gasteiger partial charge in [0.1, 0.15) is 5.82 Å². The summed E-state index contributed by atoms with van der Waals surface area (Å²) >= 11 is 0. The Balaban J connectivity index is 1.77. The summed E-state index contributed by atoms with van der Waals surface area (Å²) in [5.41, 5.74) is 0.642. The first-order valence-electron chi connectivity index (χ1n) is 7.51. The molecule has 0 spiro atoms. The van der Waals surface area contributed by atoms with Gasteiger partial charge >= 0.3 is 0 Å². The van der Waals surface area contributed by atoms with Crippen molar-refractivity contribution in [2.75, 3.05) is 20.6 Å². The first kappa shape index (κ1) is 15.8. The molecule has 1 fully saturated rings. The lowest BCUT2D eigenvalue weighted by molar-refractivity contribution is 0.247. The van der Waals surface area contributed by atoms with E-state index < -0.39 is 0 Å². The molecule has 0 amide bonds. The van der Waals surface area contributed by atoms with Crippen LogP contribution in [0, 0.1) is 5.82 Å². The summed E-state index contributed by atoms with van der Waals surface area (Å²) in [7, 11) is 3.89. The number of aliphatic imine (C=N–C) groups is 1. The zero-order valence-electron chi connectivity index (χ0n) is 13.1. The fraction of sp³-hybridized carbons (Fsp3) is 0.562. The Kier molecular flexibility index (Phi) is 5.56. The predicted octanol–water partition coefficient (Wildman–Crippen LogP) is 1.97. The summed E-state index contributed by atoms with van der Waals surface area (Å²) in [4.78, 5) is 6.58. The molecule has 1 aromatic carbocycles. The zero-order valence-corrected chi connectivity index (χ0v) is 13.1. The largest absolute Gasteiger partial charge is 0.355 e. The van der Waals surface area contributed by atoms with Crippen molar-refractivity contribution in [3.05, 3.63) is 35.6 Å². The molecule has 1 saturated carbocycles. The molecular weight excluding hydrogens is 267 g/mol. The van der Waals surface area contributed by atoms with Gasteiger partial charge in [0.15, 0.2) is 5.96 Å². The Morgan fingerprint density at radius 3 is 2.71 bits per heavy atom. The van der Waals surface area contributed by atoms with Gasteiger partial charge in [-0.2, -0.15) is 0 Å².